The van der Waals surface area contributed by atoms with Crippen LogP contribution in [0.1, 0.15) is 6.92 Å². The number of hydrogen-bond donors (Lipinski definition) is 2. The van der Waals surface area contributed by atoms with Gasteiger partial charge in [0.2, 0.25) is 11.2 Å². The number of nitrogens with zero attached hydrogens (tertiary/aromatic N) is 3. The molecule has 0 atom stereocenters. The molecule has 0 aliphatic carbocycles. The summed E-state index contributed by atoms with van der Waals surface area (Å²) in [5, 5.41) is 12.7. The van der Waals surface area contributed by atoms with Gasteiger partial charge in [-0.05, 0) is 11.6 Å². The first-order valence-corrected chi connectivity index (χ1v) is 4.89. The molecular formula is C7H9Cl2N5O. The van der Waals surface area contributed by atoms with Gasteiger partial charge in [0.25, 0.3) is 0 Å². The van der Waals surface area contributed by atoms with Gasteiger partial charge in [-0.25, -0.2) is 0 Å². The van der Waals surface area contributed by atoms with E-state index in [9.17, 15) is 4.79 Å². The van der Waals surface area contributed by atoms with E-state index in [2.05, 4.69) is 25.8 Å². The van der Waals surface area contributed by atoms with E-state index in [1.54, 1.807) is 0 Å². The number of carbonyl (C=O) groups is 1. The van der Waals surface area contributed by atoms with Crippen molar-refractivity contribution in [3.05, 3.63) is 10.4 Å². The van der Waals surface area contributed by atoms with E-state index in [0.29, 0.717) is 18.9 Å². The van der Waals surface area contributed by atoms with Crippen molar-refractivity contribution in [3.63, 3.8) is 0 Å². The highest BCUT2D eigenvalue weighted by Gasteiger charge is 2.04. The van der Waals surface area contributed by atoms with Crippen molar-refractivity contribution in [1.82, 2.24) is 20.5 Å². The maximum Gasteiger partial charge on any atom is 0.245 e. The second-order valence-corrected chi connectivity index (χ2v) is 3.33. The van der Waals surface area contributed by atoms with Gasteiger partial charge in [-0.3, -0.25) is 4.79 Å². The Hall–Kier alpha value is -1.14. The van der Waals surface area contributed by atoms with Crippen molar-refractivity contribution in [2.75, 3.05) is 18.4 Å². The number of rotatable bonds is 4. The van der Waals surface area contributed by atoms with Crippen molar-refractivity contribution < 1.29 is 4.79 Å². The molecule has 0 spiro atoms. The summed E-state index contributed by atoms with van der Waals surface area (Å²) in [6, 6.07) is 0. The van der Waals surface area contributed by atoms with E-state index in [1.165, 1.54) is 6.92 Å². The molecule has 82 valence electrons. The number of aromatic nitrogens is 3. The molecule has 0 fully saturated rings. The number of carbonyl (C=O) groups excluding carboxylic acids is 1. The lowest BCUT2D eigenvalue weighted by atomic mass is 10.5. The molecule has 0 aromatic carbocycles. The Balaban J connectivity index is 2.43. The minimum Gasteiger partial charge on any atom is -0.366 e. The molecule has 0 unspecified atom stereocenters. The van der Waals surface area contributed by atoms with E-state index in [0.717, 1.165) is 0 Å². The summed E-state index contributed by atoms with van der Waals surface area (Å²) in [4.78, 5) is 14.4. The van der Waals surface area contributed by atoms with Gasteiger partial charge in [0.15, 0.2) is 11.0 Å². The van der Waals surface area contributed by atoms with E-state index in [4.69, 9.17) is 23.2 Å². The molecule has 8 heteroatoms. The molecule has 1 aromatic heterocycles. The SMILES string of the molecule is CC(=O)NCCNc1nc(Cl)nnc1Cl. The molecule has 0 saturated heterocycles. The van der Waals surface area contributed by atoms with Crippen LogP contribution < -0.4 is 10.6 Å². The highest BCUT2D eigenvalue weighted by atomic mass is 35.5. The fourth-order valence-electron chi connectivity index (χ4n) is 0.825. The standard InChI is InChI=1S/C7H9Cl2N5O/c1-4(15)10-2-3-11-6-5(8)13-14-7(9)12-6/h2-3H2,1H3,(H,10,15)(H,11,12,14). The first-order chi connectivity index (χ1) is 7.09. The smallest absolute Gasteiger partial charge is 0.245 e. The predicted octanol–water partition coefficient (Wildman–Crippen LogP) is 0.726. The molecule has 0 aliphatic rings. The van der Waals surface area contributed by atoms with Crippen LogP contribution in [0.25, 0.3) is 0 Å². The molecule has 6 nitrogen and oxygen atoms in total. The molecular weight excluding hydrogens is 241 g/mol. The molecule has 1 rings (SSSR count). The summed E-state index contributed by atoms with van der Waals surface area (Å²) < 4.78 is 0. The van der Waals surface area contributed by atoms with Gasteiger partial charge in [-0.15, -0.1) is 10.2 Å². The second kappa shape index (κ2) is 5.67. The van der Waals surface area contributed by atoms with E-state index < -0.39 is 0 Å². The number of anilines is 1. The Labute approximate surface area is 96.4 Å². The van der Waals surface area contributed by atoms with Crippen LogP contribution >= 0.6 is 23.2 Å². The summed E-state index contributed by atoms with van der Waals surface area (Å²) in [5.74, 6) is 0.253. The van der Waals surface area contributed by atoms with Gasteiger partial charge in [-0.1, -0.05) is 11.6 Å². The Morgan fingerprint density at radius 2 is 2.07 bits per heavy atom. The first-order valence-electron chi connectivity index (χ1n) is 4.13. The molecule has 1 heterocycles. The minimum absolute atomic E-state index is 0.0152. The van der Waals surface area contributed by atoms with Crippen LogP contribution in [-0.2, 0) is 4.79 Å². The maximum absolute atomic E-state index is 10.6. The van der Waals surface area contributed by atoms with Crippen molar-refractivity contribution in [2.24, 2.45) is 0 Å². The summed E-state index contributed by atoms with van der Waals surface area (Å²) in [6.45, 7) is 2.39. The zero-order chi connectivity index (χ0) is 11.3. The molecule has 0 saturated carbocycles. The van der Waals surface area contributed by atoms with Crippen LogP contribution in [0.2, 0.25) is 10.4 Å². The predicted molar refractivity (Wildman–Crippen MR) is 57.0 cm³/mol. The van der Waals surface area contributed by atoms with Crippen LogP contribution in [0.5, 0.6) is 0 Å². The van der Waals surface area contributed by atoms with Crippen LogP contribution in [-0.4, -0.2) is 34.2 Å². The van der Waals surface area contributed by atoms with Gasteiger partial charge in [0, 0.05) is 20.0 Å². The molecule has 1 amide bonds. The normalized spacial score (nSPS) is 9.80. The number of amides is 1. The fraction of sp³-hybridized carbons (Fsp3) is 0.429. The highest BCUT2D eigenvalue weighted by molar-refractivity contribution is 6.32. The lowest BCUT2D eigenvalue weighted by Crippen LogP contribution is -2.26. The average molecular weight is 250 g/mol. The molecule has 0 aliphatic heterocycles. The van der Waals surface area contributed by atoms with E-state index in [-0.39, 0.29) is 16.3 Å². The van der Waals surface area contributed by atoms with Crippen molar-refractivity contribution in [3.8, 4) is 0 Å². The zero-order valence-electron chi connectivity index (χ0n) is 7.92. The lowest BCUT2D eigenvalue weighted by molar-refractivity contribution is -0.118. The Bertz CT molecular complexity index is 359. The third-order valence-corrected chi connectivity index (χ3v) is 1.83. The van der Waals surface area contributed by atoms with Gasteiger partial charge in [0.05, 0.1) is 0 Å². The summed E-state index contributed by atoms with van der Waals surface area (Å²) in [6.07, 6.45) is 0. The van der Waals surface area contributed by atoms with Gasteiger partial charge >= 0.3 is 0 Å². The topological polar surface area (TPSA) is 79.8 Å². The van der Waals surface area contributed by atoms with Gasteiger partial charge < -0.3 is 10.6 Å². The Morgan fingerprint density at radius 3 is 2.73 bits per heavy atom. The summed E-state index contributed by atoms with van der Waals surface area (Å²) in [7, 11) is 0. The molecule has 15 heavy (non-hydrogen) atoms. The van der Waals surface area contributed by atoms with E-state index in [1.807, 2.05) is 0 Å². The van der Waals surface area contributed by atoms with Crippen molar-refractivity contribution in [1.29, 1.82) is 0 Å². The van der Waals surface area contributed by atoms with Crippen molar-refractivity contribution >= 4 is 34.9 Å². The van der Waals surface area contributed by atoms with E-state index >= 15 is 0 Å². The second-order valence-electron chi connectivity index (χ2n) is 2.63. The minimum atomic E-state index is -0.0956. The summed E-state index contributed by atoms with van der Waals surface area (Å²) >= 11 is 11.2. The first kappa shape index (κ1) is 11.9. The Kier molecular flexibility index (Phi) is 4.51. The number of nitrogens with one attached hydrogen (secondary N) is 2. The maximum atomic E-state index is 10.6. The van der Waals surface area contributed by atoms with Crippen molar-refractivity contribution in [2.45, 2.75) is 6.92 Å². The van der Waals surface area contributed by atoms with Crippen LogP contribution in [0.4, 0.5) is 5.82 Å². The number of hydrogen-bond acceptors (Lipinski definition) is 5. The van der Waals surface area contributed by atoms with Crippen LogP contribution in [0, 0.1) is 0 Å². The molecule has 1 aromatic rings. The quantitative estimate of drug-likeness (QED) is 0.770. The van der Waals surface area contributed by atoms with Crippen LogP contribution in [0.3, 0.4) is 0 Å². The highest BCUT2D eigenvalue weighted by Crippen LogP contribution is 2.15. The Morgan fingerprint density at radius 1 is 1.33 bits per heavy atom. The number of halogens is 2. The molecule has 2 N–H and O–H groups in total. The average Bonchev–Trinajstić information content (AvgIpc) is 2.17. The third-order valence-electron chi connectivity index (χ3n) is 1.41. The van der Waals surface area contributed by atoms with Gasteiger partial charge in [0.1, 0.15) is 0 Å². The zero-order valence-corrected chi connectivity index (χ0v) is 9.43. The third kappa shape index (κ3) is 4.26. The van der Waals surface area contributed by atoms with Crippen LogP contribution in [0.15, 0.2) is 0 Å². The molecule has 0 bridgehead atoms. The fourth-order valence-corrected chi connectivity index (χ4v) is 1.09. The largest absolute Gasteiger partial charge is 0.366 e. The molecule has 0 radical (unpaired) electrons. The summed E-state index contributed by atoms with van der Waals surface area (Å²) in [5.41, 5.74) is 0. The lowest BCUT2D eigenvalue weighted by Gasteiger charge is -2.06. The monoisotopic (exact) mass is 249 g/mol. The van der Waals surface area contributed by atoms with Gasteiger partial charge in [-0.2, -0.15) is 4.98 Å².